The number of hydrogen-bond acceptors (Lipinski definition) is 1. The van der Waals surface area contributed by atoms with Gasteiger partial charge in [-0.15, -0.1) is 0 Å². The summed E-state index contributed by atoms with van der Waals surface area (Å²) >= 11 is 3.56. The summed E-state index contributed by atoms with van der Waals surface area (Å²) in [5.74, 6) is 1.72. The van der Waals surface area contributed by atoms with E-state index in [4.69, 9.17) is 4.74 Å². The van der Waals surface area contributed by atoms with Gasteiger partial charge in [-0.25, -0.2) is 0 Å². The highest BCUT2D eigenvalue weighted by atomic mass is 79.9. The highest BCUT2D eigenvalue weighted by molar-refractivity contribution is 9.10. The summed E-state index contributed by atoms with van der Waals surface area (Å²) in [6, 6.07) is 16.7. The summed E-state index contributed by atoms with van der Waals surface area (Å²) in [5, 5.41) is 0. The summed E-state index contributed by atoms with van der Waals surface area (Å²) < 4.78 is 7.15. The fourth-order valence-electron chi connectivity index (χ4n) is 2.42. The smallest absolute Gasteiger partial charge is 0.123 e. The molecule has 19 heavy (non-hydrogen) atoms. The molecule has 0 heterocycles. The number of benzene rings is 2. The molecule has 2 aromatic carbocycles. The molecule has 2 aromatic rings. The highest BCUT2D eigenvalue weighted by Crippen LogP contribution is 2.42. The van der Waals surface area contributed by atoms with Gasteiger partial charge in [0, 0.05) is 4.47 Å². The van der Waals surface area contributed by atoms with E-state index in [0.29, 0.717) is 12.5 Å². The third-order valence-electron chi connectivity index (χ3n) is 3.75. The SMILES string of the molecule is Brc1ccc(OCc2ccccc2)c(C2CCC2)c1. The Morgan fingerprint density at radius 2 is 1.84 bits per heavy atom. The zero-order valence-corrected chi connectivity index (χ0v) is 12.4. The summed E-state index contributed by atoms with van der Waals surface area (Å²) in [7, 11) is 0. The second-order valence-electron chi connectivity index (χ2n) is 5.08. The van der Waals surface area contributed by atoms with Crippen LogP contribution in [0.15, 0.2) is 53.0 Å². The number of ether oxygens (including phenoxy) is 1. The first-order valence-electron chi connectivity index (χ1n) is 6.79. The van der Waals surface area contributed by atoms with Crippen LogP contribution in [-0.2, 0) is 6.61 Å². The van der Waals surface area contributed by atoms with Crippen LogP contribution < -0.4 is 4.74 Å². The first-order chi connectivity index (χ1) is 9.33. The maximum Gasteiger partial charge on any atom is 0.123 e. The molecular formula is C17H17BrO. The molecule has 0 unspecified atom stereocenters. The Balaban J connectivity index is 1.76. The molecule has 3 rings (SSSR count). The zero-order chi connectivity index (χ0) is 13.1. The minimum absolute atomic E-state index is 0.641. The van der Waals surface area contributed by atoms with Crippen LogP contribution in [0.2, 0.25) is 0 Å². The van der Waals surface area contributed by atoms with Gasteiger partial charge >= 0.3 is 0 Å². The quantitative estimate of drug-likeness (QED) is 0.744. The highest BCUT2D eigenvalue weighted by Gasteiger charge is 2.23. The van der Waals surface area contributed by atoms with Gasteiger partial charge in [0.15, 0.2) is 0 Å². The predicted molar refractivity (Wildman–Crippen MR) is 81.5 cm³/mol. The molecule has 0 aromatic heterocycles. The second-order valence-corrected chi connectivity index (χ2v) is 6.00. The van der Waals surface area contributed by atoms with Crippen LogP contribution in [0.25, 0.3) is 0 Å². The van der Waals surface area contributed by atoms with Crippen molar-refractivity contribution < 1.29 is 4.74 Å². The van der Waals surface area contributed by atoms with E-state index in [1.54, 1.807) is 0 Å². The van der Waals surface area contributed by atoms with Crippen molar-refractivity contribution in [2.75, 3.05) is 0 Å². The van der Waals surface area contributed by atoms with Crippen molar-refractivity contribution in [3.05, 3.63) is 64.1 Å². The Morgan fingerprint density at radius 1 is 1.05 bits per heavy atom. The van der Waals surface area contributed by atoms with Crippen molar-refractivity contribution in [3.8, 4) is 5.75 Å². The molecule has 1 saturated carbocycles. The lowest BCUT2D eigenvalue weighted by Gasteiger charge is -2.27. The molecule has 0 aliphatic heterocycles. The van der Waals surface area contributed by atoms with Crippen LogP contribution in [0.1, 0.15) is 36.3 Å². The van der Waals surface area contributed by atoms with E-state index in [9.17, 15) is 0 Å². The number of rotatable bonds is 4. The standard InChI is InChI=1S/C17H17BrO/c18-15-9-10-17(16(11-15)14-7-4-8-14)19-12-13-5-2-1-3-6-13/h1-3,5-6,9-11,14H,4,7-8,12H2. The largest absolute Gasteiger partial charge is 0.489 e. The Morgan fingerprint density at radius 3 is 2.53 bits per heavy atom. The van der Waals surface area contributed by atoms with Gasteiger partial charge in [-0.2, -0.15) is 0 Å². The van der Waals surface area contributed by atoms with Gasteiger partial charge in [0.2, 0.25) is 0 Å². The minimum atomic E-state index is 0.641. The van der Waals surface area contributed by atoms with E-state index in [-0.39, 0.29) is 0 Å². The molecule has 0 N–H and O–H groups in total. The van der Waals surface area contributed by atoms with E-state index in [2.05, 4.69) is 46.3 Å². The first kappa shape index (κ1) is 12.7. The molecule has 0 atom stereocenters. The van der Waals surface area contributed by atoms with Crippen LogP contribution >= 0.6 is 15.9 Å². The van der Waals surface area contributed by atoms with E-state index in [0.717, 1.165) is 10.2 Å². The minimum Gasteiger partial charge on any atom is -0.489 e. The summed E-state index contributed by atoms with van der Waals surface area (Å²) in [6.07, 6.45) is 3.92. The van der Waals surface area contributed by atoms with E-state index in [1.807, 2.05) is 18.2 Å². The maximum atomic E-state index is 6.01. The fraction of sp³-hybridized carbons (Fsp3) is 0.294. The fourth-order valence-corrected chi connectivity index (χ4v) is 2.80. The molecule has 98 valence electrons. The van der Waals surface area contributed by atoms with Gasteiger partial charge in [0.05, 0.1) is 0 Å². The van der Waals surface area contributed by atoms with Crippen LogP contribution in [-0.4, -0.2) is 0 Å². The molecular weight excluding hydrogens is 300 g/mol. The van der Waals surface area contributed by atoms with E-state index in [1.165, 1.54) is 30.4 Å². The normalized spacial score (nSPS) is 15.0. The lowest BCUT2D eigenvalue weighted by atomic mass is 9.80. The van der Waals surface area contributed by atoms with Crippen molar-refractivity contribution in [2.45, 2.75) is 31.8 Å². The molecule has 0 saturated heterocycles. The molecule has 0 spiro atoms. The predicted octanol–water partition coefficient (Wildman–Crippen LogP) is 5.30. The van der Waals surface area contributed by atoms with Crippen LogP contribution in [0.5, 0.6) is 5.75 Å². The average Bonchev–Trinajstić information content (AvgIpc) is 2.37. The molecule has 1 nitrogen and oxygen atoms in total. The number of hydrogen-bond donors (Lipinski definition) is 0. The molecule has 0 amide bonds. The Kier molecular flexibility index (Phi) is 3.88. The monoisotopic (exact) mass is 316 g/mol. The van der Waals surface area contributed by atoms with E-state index >= 15 is 0 Å². The van der Waals surface area contributed by atoms with Crippen LogP contribution in [0.4, 0.5) is 0 Å². The van der Waals surface area contributed by atoms with Crippen LogP contribution in [0.3, 0.4) is 0 Å². The van der Waals surface area contributed by atoms with Crippen molar-refractivity contribution in [1.29, 1.82) is 0 Å². The summed E-state index contributed by atoms with van der Waals surface area (Å²) in [4.78, 5) is 0. The topological polar surface area (TPSA) is 9.23 Å². The van der Waals surface area contributed by atoms with E-state index < -0.39 is 0 Å². The van der Waals surface area contributed by atoms with Crippen molar-refractivity contribution in [3.63, 3.8) is 0 Å². The lowest BCUT2D eigenvalue weighted by Crippen LogP contribution is -2.10. The third-order valence-corrected chi connectivity index (χ3v) is 4.25. The molecule has 0 bridgehead atoms. The van der Waals surface area contributed by atoms with Gasteiger partial charge in [-0.3, -0.25) is 0 Å². The van der Waals surface area contributed by atoms with Gasteiger partial charge in [0.1, 0.15) is 12.4 Å². The summed E-state index contributed by atoms with van der Waals surface area (Å²) in [5.41, 5.74) is 2.57. The molecule has 0 radical (unpaired) electrons. The molecule has 1 aliphatic carbocycles. The molecule has 1 aliphatic rings. The van der Waals surface area contributed by atoms with Gasteiger partial charge < -0.3 is 4.74 Å². The Bertz CT molecular complexity index is 546. The lowest BCUT2D eigenvalue weighted by molar-refractivity contribution is 0.293. The third kappa shape index (κ3) is 3.01. The molecule has 1 fully saturated rings. The summed E-state index contributed by atoms with van der Waals surface area (Å²) in [6.45, 7) is 0.641. The molecule has 2 heteroatoms. The van der Waals surface area contributed by atoms with Gasteiger partial charge in [-0.1, -0.05) is 52.7 Å². The van der Waals surface area contributed by atoms with Crippen molar-refractivity contribution in [2.24, 2.45) is 0 Å². The second kappa shape index (κ2) is 5.79. The Hall–Kier alpha value is -1.28. The van der Waals surface area contributed by atoms with Gasteiger partial charge in [0.25, 0.3) is 0 Å². The van der Waals surface area contributed by atoms with Crippen molar-refractivity contribution >= 4 is 15.9 Å². The average molecular weight is 317 g/mol. The number of halogens is 1. The Labute approximate surface area is 122 Å². The first-order valence-corrected chi connectivity index (χ1v) is 7.58. The van der Waals surface area contributed by atoms with Gasteiger partial charge in [-0.05, 0) is 48.1 Å². The zero-order valence-electron chi connectivity index (χ0n) is 10.8. The van der Waals surface area contributed by atoms with Crippen LogP contribution in [0, 0.1) is 0 Å². The van der Waals surface area contributed by atoms with Crippen molar-refractivity contribution in [1.82, 2.24) is 0 Å². The maximum absolute atomic E-state index is 6.01.